The van der Waals surface area contributed by atoms with Crippen LogP contribution in [0, 0.1) is 0 Å². The van der Waals surface area contributed by atoms with Crippen molar-refractivity contribution in [2.75, 3.05) is 0 Å². The van der Waals surface area contributed by atoms with Crippen molar-refractivity contribution in [1.29, 1.82) is 0 Å². The molecule has 76 valence electrons. The second kappa shape index (κ2) is 9.13. The van der Waals surface area contributed by atoms with E-state index in [1.165, 1.54) is 0 Å². The summed E-state index contributed by atoms with van der Waals surface area (Å²) in [7, 11) is -3.86. The van der Waals surface area contributed by atoms with E-state index in [1.54, 1.807) is 0 Å². The van der Waals surface area contributed by atoms with Gasteiger partial charge in [-0.15, -0.1) is 0 Å². The number of carboxylic acids is 1. The Bertz CT molecular complexity index is 448. The van der Waals surface area contributed by atoms with Gasteiger partial charge in [0.25, 0.3) is 0 Å². The monoisotopic (exact) mass is 311 g/mol. The van der Waals surface area contributed by atoms with E-state index in [-0.39, 0.29) is 113 Å². The van der Waals surface area contributed by atoms with Crippen molar-refractivity contribution in [3.8, 4) is 0 Å². The Kier molecular flexibility index (Phi) is 11.7. The molecule has 1 aromatic rings. The number of carboxylic acid groups (broad SMARTS) is 1. The zero-order valence-electron chi connectivity index (χ0n) is 8.68. The largest absolute Gasteiger partial charge is 1.00 e. The smallest absolute Gasteiger partial charge is 0.545 e. The molecule has 0 unspecified atom stereocenters. The molecule has 1 rings (SSSR count). The van der Waals surface area contributed by atoms with E-state index >= 15 is 0 Å². The van der Waals surface area contributed by atoms with E-state index in [0.717, 1.165) is 24.3 Å². The number of rotatable bonds is 3. The Morgan fingerprint density at radius 3 is 1.94 bits per heavy atom. The maximum absolute atomic E-state index is 11.0. The quantitative estimate of drug-likeness (QED) is 0.520. The number of benzene rings is 1. The Balaban J connectivity index is 0. The fourth-order valence-electron chi connectivity index (χ4n) is 0.803. The van der Waals surface area contributed by atoms with E-state index in [2.05, 4.69) is 4.24 Å². The average Bonchev–Trinajstić information content (AvgIpc) is 2.18. The molecule has 0 aliphatic heterocycles. The normalized spacial score (nSPS) is 9.81. The van der Waals surface area contributed by atoms with Crippen molar-refractivity contribution in [2.24, 2.45) is 0 Å². The van der Waals surface area contributed by atoms with Crippen LogP contribution in [0.15, 0.2) is 29.2 Å². The molecule has 0 N–H and O–H groups in total. The first-order valence-electron chi connectivity index (χ1n) is 3.37. The molecule has 0 bridgehead atoms. The van der Waals surface area contributed by atoms with Crippen LogP contribution in [-0.2, 0) is 10.0 Å². The molecule has 0 fully saturated rings. The summed E-state index contributed by atoms with van der Waals surface area (Å²) in [5, 5.41) is 10.3. The summed E-state index contributed by atoms with van der Waals surface area (Å²) in [5.74, 6) is -1.38. The van der Waals surface area contributed by atoms with E-state index in [9.17, 15) is 18.3 Å². The summed E-state index contributed by atoms with van der Waals surface area (Å²) in [5.41, 5.74) is -0.112. The molecule has 0 aliphatic carbocycles. The van der Waals surface area contributed by atoms with Crippen molar-refractivity contribution in [3.63, 3.8) is 0 Å². The average molecular weight is 312 g/mol. The standard InChI is InChI=1S/C7H5ClNO4S.2K/c8-9-14(12,13)6-3-1-5(2-4-6)7(10)11;;/h1-4H,(H,10,11);;/q-1;2*+1/p-1. The summed E-state index contributed by atoms with van der Waals surface area (Å²) >= 11 is 4.84. The molecule has 5 nitrogen and oxygen atoms in total. The number of hydrogen-bond acceptors (Lipinski definition) is 4. The number of aromatic carboxylic acids is 1. The van der Waals surface area contributed by atoms with E-state index in [1.807, 2.05) is 0 Å². The summed E-state index contributed by atoms with van der Waals surface area (Å²) in [4.78, 5) is 10.2. The van der Waals surface area contributed by atoms with Crippen LogP contribution in [0.4, 0.5) is 0 Å². The van der Waals surface area contributed by atoms with Gasteiger partial charge in [0.15, 0.2) is 0 Å². The topological polar surface area (TPSA) is 88.4 Å². The second-order valence-corrected chi connectivity index (χ2v) is 4.33. The van der Waals surface area contributed by atoms with Crippen LogP contribution in [-0.4, -0.2) is 14.4 Å². The molecule has 0 spiro atoms. The van der Waals surface area contributed by atoms with E-state index in [0.29, 0.717) is 0 Å². The van der Waals surface area contributed by atoms with Crippen molar-refractivity contribution in [1.82, 2.24) is 0 Å². The molecule has 0 radical (unpaired) electrons. The molecule has 0 aliphatic rings. The molecule has 0 aromatic heterocycles. The van der Waals surface area contributed by atoms with Gasteiger partial charge in [0.05, 0.1) is 5.97 Å². The zero-order chi connectivity index (χ0) is 10.8. The third-order valence-corrected chi connectivity index (χ3v) is 3.07. The van der Waals surface area contributed by atoms with Gasteiger partial charge in [-0.2, -0.15) is 0 Å². The van der Waals surface area contributed by atoms with Gasteiger partial charge in [0.1, 0.15) is 10.0 Å². The molecular formula is C7H4ClK2NO4S. The molecule has 0 saturated carbocycles. The van der Waals surface area contributed by atoms with Crippen molar-refractivity contribution in [3.05, 3.63) is 34.1 Å². The number of halogens is 1. The van der Waals surface area contributed by atoms with E-state index < -0.39 is 16.0 Å². The minimum absolute atomic E-state index is 0. The molecule has 0 amide bonds. The third-order valence-electron chi connectivity index (χ3n) is 1.48. The van der Waals surface area contributed by atoms with E-state index in [4.69, 9.17) is 11.8 Å². The minimum atomic E-state index is -3.86. The predicted molar refractivity (Wildman–Crippen MR) is 47.2 cm³/mol. The van der Waals surface area contributed by atoms with Crippen LogP contribution in [0.5, 0.6) is 0 Å². The zero-order valence-corrected chi connectivity index (χ0v) is 16.5. The molecule has 0 heterocycles. The first-order chi connectivity index (χ1) is 6.47. The maximum atomic E-state index is 11.0. The fourth-order valence-corrected chi connectivity index (χ4v) is 1.60. The van der Waals surface area contributed by atoms with Crippen LogP contribution in [0.1, 0.15) is 10.4 Å². The maximum Gasteiger partial charge on any atom is 1.00 e. The van der Waals surface area contributed by atoms with Crippen LogP contribution in [0.25, 0.3) is 4.24 Å². The van der Waals surface area contributed by atoms with Crippen LogP contribution >= 0.6 is 11.8 Å². The third kappa shape index (κ3) is 5.87. The molecular weight excluding hydrogens is 308 g/mol. The van der Waals surface area contributed by atoms with Crippen molar-refractivity contribution in [2.45, 2.75) is 4.90 Å². The van der Waals surface area contributed by atoms with Gasteiger partial charge in [-0.1, -0.05) is 12.1 Å². The van der Waals surface area contributed by atoms with Gasteiger partial charge in [-0.3, -0.25) is 11.8 Å². The summed E-state index contributed by atoms with van der Waals surface area (Å²) in [6.07, 6.45) is 0. The fraction of sp³-hybridized carbons (Fsp3) is 0. The number of sulfonamides is 1. The summed E-state index contributed by atoms with van der Waals surface area (Å²) in [6.45, 7) is 0. The van der Waals surface area contributed by atoms with Gasteiger partial charge in [0.2, 0.25) is 0 Å². The second-order valence-electron chi connectivity index (χ2n) is 2.36. The minimum Gasteiger partial charge on any atom is -0.545 e. The van der Waals surface area contributed by atoms with Crippen molar-refractivity contribution >= 4 is 27.8 Å². The molecule has 9 heteroatoms. The SMILES string of the molecule is O=C([O-])c1ccc(S(=O)(=O)[N-]Cl)cc1.[K+].[K+]. The first kappa shape index (κ1) is 20.5. The van der Waals surface area contributed by atoms with Gasteiger partial charge in [-0.25, -0.2) is 8.42 Å². The number of carbonyl (C=O) groups excluding carboxylic acids is 1. The molecule has 0 saturated heterocycles. The number of nitrogens with zero attached hydrogens (tertiary/aromatic N) is 1. The van der Waals surface area contributed by atoms with Gasteiger partial charge in [0, 0.05) is 4.90 Å². The summed E-state index contributed by atoms with van der Waals surface area (Å²) < 4.78 is 24.7. The molecule has 0 atom stereocenters. The van der Waals surface area contributed by atoms with Gasteiger partial charge < -0.3 is 14.1 Å². The van der Waals surface area contributed by atoms with Crippen LogP contribution in [0.3, 0.4) is 0 Å². The first-order valence-corrected chi connectivity index (χ1v) is 5.15. The number of carbonyl (C=O) groups is 1. The van der Waals surface area contributed by atoms with Crippen LogP contribution in [0.2, 0.25) is 0 Å². The number of hydrogen-bond donors (Lipinski definition) is 0. The summed E-state index contributed by atoms with van der Waals surface area (Å²) in [6, 6.07) is 4.38. The van der Waals surface area contributed by atoms with Crippen LogP contribution < -0.4 is 108 Å². The Morgan fingerprint density at radius 1 is 1.19 bits per heavy atom. The van der Waals surface area contributed by atoms with Gasteiger partial charge >= 0.3 is 103 Å². The molecule has 1 aromatic carbocycles. The van der Waals surface area contributed by atoms with Gasteiger partial charge in [-0.05, 0) is 17.7 Å². The Labute approximate surface area is 183 Å². The Hall–Kier alpha value is 2.16. The predicted octanol–water partition coefficient (Wildman–Crippen LogP) is -5.73. The Morgan fingerprint density at radius 2 is 1.62 bits per heavy atom. The van der Waals surface area contributed by atoms with Crippen molar-refractivity contribution < 1.29 is 121 Å². The molecule has 16 heavy (non-hydrogen) atoms.